The first-order valence-corrected chi connectivity index (χ1v) is 6.32. The van der Waals surface area contributed by atoms with Crippen LogP contribution in [0.25, 0.3) is 0 Å². The molecule has 1 aliphatic carbocycles. The van der Waals surface area contributed by atoms with Gasteiger partial charge in [0.15, 0.2) is 0 Å². The number of anilines is 1. The van der Waals surface area contributed by atoms with Gasteiger partial charge in [0, 0.05) is 12.2 Å². The number of hydrogen-bond donors (Lipinski definition) is 1. The van der Waals surface area contributed by atoms with Crippen molar-refractivity contribution in [2.75, 3.05) is 5.32 Å². The number of halogens is 2. The normalized spacial score (nSPS) is 29.7. The summed E-state index contributed by atoms with van der Waals surface area (Å²) in [5, 5.41) is 4.09. The summed E-state index contributed by atoms with van der Waals surface area (Å²) in [6.45, 7) is 4.56. The van der Waals surface area contributed by atoms with E-state index in [1.807, 2.05) is 6.07 Å². The fourth-order valence-corrected chi connectivity index (χ4v) is 2.67. The van der Waals surface area contributed by atoms with Crippen molar-refractivity contribution in [3.8, 4) is 0 Å². The Hall–Kier alpha value is -0.280. The fourth-order valence-electron chi connectivity index (χ4n) is 1.92. The zero-order valence-corrected chi connectivity index (χ0v) is 11.1. The Balaban J connectivity index is 2.05. The van der Waals surface area contributed by atoms with Gasteiger partial charge >= 0.3 is 0 Å². The molecule has 3 unspecified atom stereocenters. The minimum Gasteiger partial charge on any atom is -0.366 e. The summed E-state index contributed by atoms with van der Waals surface area (Å²) in [6, 6.07) is 2.41. The van der Waals surface area contributed by atoms with Gasteiger partial charge in [-0.15, -0.1) is 0 Å². The second-order valence-corrected chi connectivity index (χ2v) is 5.60. The summed E-state index contributed by atoms with van der Waals surface area (Å²) in [5.41, 5.74) is 0. The standard InChI is InChI=1S/C11H14BrClN2/c1-6-3-10(7(6)2)15-11-9(12)4-8(13)5-14-11/h4-7,10H,3H2,1-2H3,(H,14,15). The van der Waals surface area contributed by atoms with Crippen molar-refractivity contribution in [1.82, 2.24) is 4.98 Å². The Kier molecular flexibility index (Phi) is 3.21. The molecule has 1 aromatic rings. The molecule has 0 aliphatic heterocycles. The van der Waals surface area contributed by atoms with Gasteiger partial charge in [-0.1, -0.05) is 25.4 Å². The molecule has 1 saturated carbocycles. The number of aromatic nitrogens is 1. The van der Waals surface area contributed by atoms with Crippen LogP contribution in [-0.4, -0.2) is 11.0 Å². The van der Waals surface area contributed by atoms with Gasteiger partial charge in [0.05, 0.1) is 9.50 Å². The van der Waals surface area contributed by atoms with Gasteiger partial charge in [-0.3, -0.25) is 0 Å². The molecule has 1 heterocycles. The SMILES string of the molecule is CC1CC(Nc2ncc(Cl)cc2Br)C1C. The number of pyridine rings is 1. The highest BCUT2D eigenvalue weighted by atomic mass is 79.9. The van der Waals surface area contributed by atoms with Crippen LogP contribution in [0, 0.1) is 11.8 Å². The van der Waals surface area contributed by atoms with E-state index in [1.165, 1.54) is 6.42 Å². The van der Waals surface area contributed by atoms with Crippen LogP contribution in [-0.2, 0) is 0 Å². The zero-order valence-electron chi connectivity index (χ0n) is 8.80. The van der Waals surface area contributed by atoms with Crippen molar-refractivity contribution in [3.05, 3.63) is 21.8 Å². The Labute approximate surface area is 104 Å². The number of nitrogens with one attached hydrogen (secondary N) is 1. The molecule has 0 amide bonds. The van der Waals surface area contributed by atoms with Crippen LogP contribution in [0.4, 0.5) is 5.82 Å². The largest absolute Gasteiger partial charge is 0.366 e. The van der Waals surface area contributed by atoms with Crippen LogP contribution >= 0.6 is 27.5 Å². The molecule has 2 rings (SSSR count). The van der Waals surface area contributed by atoms with Crippen LogP contribution in [0.1, 0.15) is 20.3 Å². The Morgan fingerprint density at radius 1 is 1.53 bits per heavy atom. The van der Waals surface area contributed by atoms with E-state index in [1.54, 1.807) is 6.20 Å². The maximum absolute atomic E-state index is 5.83. The first kappa shape index (κ1) is 11.2. The van der Waals surface area contributed by atoms with Crippen molar-refractivity contribution >= 4 is 33.3 Å². The van der Waals surface area contributed by atoms with Crippen LogP contribution in [0.5, 0.6) is 0 Å². The highest BCUT2D eigenvalue weighted by molar-refractivity contribution is 9.10. The van der Waals surface area contributed by atoms with Crippen molar-refractivity contribution in [2.24, 2.45) is 11.8 Å². The van der Waals surface area contributed by atoms with Crippen molar-refractivity contribution < 1.29 is 0 Å². The van der Waals surface area contributed by atoms with Gasteiger partial charge in [0.25, 0.3) is 0 Å². The van der Waals surface area contributed by atoms with Crippen LogP contribution < -0.4 is 5.32 Å². The molecule has 3 atom stereocenters. The molecular weight excluding hydrogens is 275 g/mol. The van der Waals surface area contributed by atoms with Gasteiger partial charge in [0.1, 0.15) is 5.82 Å². The van der Waals surface area contributed by atoms with Crippen molar-refractivity contribution in [3.63, 3.8) is 0 Å². The third-order valence-corrected chi connectivity index (χ3v) is 4.10. The lowest BCUT2D eigenvalue weighted by atomic mass is 9.71. The minimum atomic E-state index is 0.546. The Bertz CT molecular complexity index is 370. The van der Waals surface area contributed by atoms with Gasteiger partial charge in [0.2, 0.25) is 0 Å². The van der Waals surface area contributed by atoms with E-state index in [4.69, 9.17) is 11.6 Å². The lowest BCUT2D eigenvalue weighted by Gasteiger charge is -2.41. The Morgan fingerprint density at radius 2 is 2.27 bits per heavy atom. The van der Waals surface area contributed by atoms with Gasteiger partial charge < -0.3 is 5.32 Å². The summed E-state index contributed by atoms with van der Waals surface area (Å²) in [7, 11) is 0. The average molecular weight is 290 g/mol. The highest BCUT2D eigenvalue weighted by Crippen LogP contribution is 2.36. The molecular formula is C11H14BrClN2. The van der Waals surface area contributed by atoms with E-state index in [9.17, 15) is 0 Å². The van der Waals surface area contributed by atoms with Crippen LogP contribution in [0.3, 0.4) is 0 Å². The second kappa shape index (κ2) is 4.30. The smallest absolute Gasteiger partial charge is 0.140 e. The van der Waals surface area contributed by atoms with E-state index < -0.39 is 0 Å². The van der Waals surface area contributed by atoms with Crippen LogP contribution in [0.15, 0.2) is 16.7 Å². The van der Waals surface area contributed by atoms with E-state index in [2.05, 4.69) is 40.1 Å². The summed E-state index contributed by atoms with van der Waals surface area (Å²) in [5.74, 6) is 2.42. The second-order valence-electron chi connectivity index (χ2n) is 4.31. The summed E-state index contributed by atoms with van der Waals surface area (Å²) >= 11 is 9.29. The molecule has 0 radical (unpaired) electrons. The molecule has 15 heavy (non-hydrogen) atoms. The maximum atomic E-state index is 5.83. The van der Waals surface area contributed by atoms with E-state index >= 15 is 0 Å². The molecule has 0 bridgehead atoms. The summed E-state index contributed by atoms with van der Waals surface area (Å²) in [6.07, 6.45) is 2.89. The van der Waals surface area contributed by atoms with Gasteiger partial charge in [-0.2, -0.15) is 0 Å². The predicted molar refractivity (Wildman–Crippen MR) is 67.3 cm³/mol. The third kappa shape index (κ3) is 2.28. The number of rotatable bonds is 2. The monoisotopic (exact) mass is 288 g/mol. The molecule has 1 N–H and O–H groups in total. The molecule has 2 nitrogen and oxygen atoms in total. The molecule has 1 aromatic heterocycles. The number of hydrogen-bond acceptors (Lipinski definition) is 2. The quantitative estimate of drug-likeness (QED) is 0.891. The lowest BCUT2D eigenvalue weighted by Crippen LogP contribution is -2.43. The minimum absolute atomic E-state index is 0.546. The average Bonchev–Trinajstić information content (AvgIpc) is 2.20. The maximum Gasteiger partial charge on any atom is 0.140 e. The fraction of sp³-hybridized carbons (Fsp3) is 0.545. The van der Waals surface area contributed by atoms with Gasteiger partial charge in [-0.25, -0.2) is 4.98 Å². The summed E-state index contributed by atoms with van der Waals surface area (Å²) < 4.78 is 0.932. The predicted octanol–water partition coefficient (Wildman–Crippen LogP) is 3.95. The molecule has 82 valence electrons. The third-order valence-electron chi connectivity index (χ3n) is 3.29. The van der Waals surface area contributed by atoms with Crippen molar-refractivity contribution in [2.45, 2.75) is 26.3 Å². The lowest BCUT2D eigenvalue weighted by molar-refractivity contribution is 0.188. The highest BCUT2D eigenvalue weighted by Gasteiger charge is 2.34. The molecule has 0 aromatic carbocycles. The van der Waals surface area contributed by atoms with Crippen LogP contribution in [0.2, 0.25) is 5.02 Å². The molecule has 0 spiro atoms. The van der Waals surface area contributed by atoms with E-state index in [-0.39, 0.29) is 0 Å². The van der Waals surface area contributed by atoms with Gasteiger partial charge in [-0.05, 0) is 40.3 Å². The van der Waals surface area contributed by atoms with E-state index in [0.29, 0.717) is 11.1 Å². The molecule has 4 heteroatoms. The van der Waals surface area contributed by atoms with E-state index in [0.717, 1.165) is 22.1 Å². The first-order chi connectivity index (χ1) is 7.08. The molecule has 0 saturated heterocycles. The molecule has 1 aliphatic rings. The number of nitrogens with zero attached hydrogens (tertiary/aromatic N) is 1. The Morgan fingerprint density at radius 3 is 2.80 bits per heavy atom. The topological polar surface area (TPSA) is 24.9 Å². The zero-order chi connectivity index (χ0) is 11.0. The molecule has 1 fully saturated rings. The van der Waals surface area contributed by atoms with Crippen molar-refractivity contribution in [1.29, 1.82) is 0 Å². The summed E-state index contributed by atoms with van der Waals surface area (Å²) in [4.78, 5) is 4.27. The first-order valence-electron chi connectivity index (χ1n) is 5.15.